The summed E-state index contributed by atoms with van der Waals surface area (Å²) in [5, 5.41) is 16.9. The molecule has 0 aromatic rings. The van der Waals surface area contributed by atoms with Crippen LogP contribution in [0.3, 0.4) is 0 Å². The van der Waals surface area contributed by atoms with Crippen LogP contribution < -0.4 is 0 Å². The minimum absolute atomic E-state index is 0.175. The average Bonchev–Trinajstić information content (AvgIpc) is 2.34. The predicted molar refractivity (Wildman–Crippen MR) is 79.2 cm³/mol. The van der Waals surface area contributed by atoms with Crippen LogP contribution in [0.15, 0.2) is 0 Å². The van der Waals surface area contributed by atoms with E-state index in [9.17, 15) is 9.59 Å². The van der Waals surface area contributed by atoms with Gasteiger partial charge in [0, 0.05) is 13.2 Å². The maximum atomic E-state index is 10.2. The van der Waals surface area contributed by atoms with Crippen molar-refractivity contribution < 1.29 is 24.5 Å². The fourth-order valence-corrected chi connectivity index (χ4v) is 2.69. The Morgan fingerprint density at radius 1 is 0.789 bits per heavy atom. The summed E-state index contributed by atoms with van der Waals surface area (Å²) >= 11 is 2.87. The third kappa shape index (κ3) is 17.6. The Labute approximate surface area is 122 Å². The highest BCUT2D eigenvalue weighted by atomic mass is 32.2. The number of carboxylic acid groups (broad SMARTS) is 2. The lowest BCUT2D eigenvalue weighted by molar-refractivity contribution is -0.134. The Kier molecular flexibility index (Phi) is 13.7. The van der Waals surface area contributed by atoms with Gasteiger partial charge in [-0.05, 0) is 37.2 Å². The van der Waals surface area contributed by atoms with Gasteiger partial charge in [0.1, 0.15) is 0 Å². The highest BCUT2D eigenvalue weighted by molar-refractivity contribution is 8.00. The minimum Gasteiger partial charge on any atom is -0.481 e. The number of thioether (sulfide) groups is 2. The van der Waals surface area contributed by atoms with Gasteiger partial charge in [0.05, 0.1) is 11.5 Å². The maximum absolute atomic E-state index is 10.2. The molecule has 0 bridgehead atoms. The first kappa shape index (κ1) is 18.6. The van der Waals surface area contributed by atoms with Gasteiger partial charge in [-0.25, -0.2) is 0 Å². The van der Waals surface area contributed by atoms with E-state index in [0.717, 1.165) is 50.4 Å². The van der Waals surface area contributed by atoms with Crippen molar-refractivity contribution in [3.05, 3.63) is 0 Å². The molecule has 0 aromatic heterocycles. The predicted octanol–water partition coefficient (Wildman–Crippen LogP) is 2.20. The zero-order valence-electron chi connectivity index (χ0n) is 11.0. The molecule has 0 radical (unpaired) electrons. The van der Waals surface area contributed by atoms with Crippen LogP contribution in [0.25, 0.3) is 0 Å². The van der Waals surface area contributed by atoms with Crippen molar-refractivity contribution in [1.29, 1.82) is 0 Å². The Morgan fingerprint density at radius 2 is 1.21 bits per heavy atom. The summed E-state index contributed by atoms with van der Waals surface area (Å²) in [5.74, 6) is 0.552. The third-order valence-corrected chi connectivity index (χ3v) is 4.16. The molecule has 0 aliphatic rings. The number of aliphatic carboxylic acids is 2. The number of rotatable bonds is 14. The molecule has 7 heteroatoms. The fourth-order valence-electron chi connectivity index (χ4n) is 1.24. The largest absolute Gasteiger partial charge is 0.481 e. The average molecular weight is 310 g/mol. The topological polar surface area (TPSA) is 83.8 Å². The van der Waals surface area contributed by atoms with Gasteiger partial charge < -0.3 is 14.9 Å². The van der Waals surface area contributed by atoms with Crippen LogP contribution >= 0.6 is 23.5 Å². The normalized spacial score (nSPS) is 10.5. The van der Waals surface area contributed by atoms with Crippen LogP contribution in [-0.2, 0) is 14.3 Å². The molecule has 0 atom stereocenters. The number of ether oxygens (including phenoxy) is 1. The lowest BCUT2D eigenvalue weighted by Crippen LogP contribution is -2.01. The number of carbonyl (C=O) groups is 2. The van der Waals surface area contributed by atoms with E-state index >= 15 is 0 Å². The molecule has 0 aliphatic carbocycles. The van der Waals surface area contributed by atoms with Crippen LogP contribution in [0.2, 0.25) is 0 Å². The lowest BCUT2D eigenvalue weighted by Gasteiger charge is -2.04. The van der Waals surface area contributed by atoms with Gasteiger partial charge in [-0.15, -0.1) is 0 Å². The summed E-state index contributed by atoms with van der Waals surface area (Å²) in [6.07, 6.45) is 3.87. The van der Waals surface area contributed by atoms with Gasteiger partial charge in [0.25, 0.3) is 0 Å². The molecule has 0 amide bonds. The summed E-state index contributed by atoms with van der Waals surface area (Å²) < 4.78 is 5.44. The number of carboxylic acids is 2. The van der Waals surface area contributed by atoms with E-state index in [1.807, 2.05) is 0 Å². The van der Waals surface area contributed by atoms with Crippen LogP contribution in [-0.4, -0.2) is 58.4 Å². The van der Waals surface area contributed by atoms with Crippen molar-refractivity contribution in [3.63, 3.8) is 0 Å². The minimum atomic E-state index is -0.762. The first-order chi connectivity index (χ1) is 9.13. The number of hydrogen-bond donors (Lipinski definition) is 2. The monoisotopic (exact) mass is 310 g/mol. The van der Waals surface area contributed by atoms with Crippen molar-refractivity contribution >= 4 is 35.5 Å². The summed E-state index contributed by atoms with van der Waals surface area (Å²) in [6, 6.07) is 0. The van der Waals surface area contributed by atoms with E-state index in [-0.39, 0.29) is 11.5 Å². The lowest BCUT2D eigenvalue weighted by atomic mass is 10.3. The van der Waals surface area contributed by atoms with E-state index in [2.05, 4.69) is 0 Å². The Bertz CT molecular complexity index is 224. The van der Waals surface area contributed by atoms with E-state index < -0.39 is 11.9 Å². The van der Waals surface area contributed by atoms with Crippen molar-refractivity contribution in [2.45, 2.75) is 25.7 Å². The Morgan fingerprint density at radius 3 is 1.58 bits per heavy atom. The first-order valence-electron chi connectivity index (χ1n) is 6.29. The highest BCUT2D eigenvalue weighted by Gasteiger charge is 1.98. The molecular formula is C12H22O5S2. The van der Waals surface area contributed by atoms with E-state index in [4.69, 9.17) is 14.9 Å². The molecule has 112 valence electrons. The summed E-state index contributed by atoms with van der Waals surface area (Å²) in [6.45, 7) is 1.44. The molecule has 0 fully saturated rings. The zero-order valence-corrected chi connectivity index (χ0v) is 12.6. The third-order valence-electron chi connectivity index (χ3n) is 2.11. The number of unbranched alkanes of at least 4 members (excludes halogenated alkanes) is 2. The van der Waals surface area contributed by atoms with Crippen molar-refractivity contribution in [2.24, 2.45) is 0 Å². The van der Waals surface area contributed by atoms with Gasteiger partial charge in [-0.1, -0.05) is 0 Å². The quantitative estimate of drug-likeness (QED) is 0.476. The fraction of sp³-hybridized carbons (Fsp3) is 0.833. The van der Waals surface area contributed by atoms with Crippen molar-refractivity contribution in [2.75, 3.05) is 36.2 Å². The summed E-state index contributed by atoms with van der Waals surface area (Å²) in [7, 11) is 0. The van der Waals surface area contributed by atoms with Crippen LogP contribution in [0, 0.1) is 0 Å². The van der Waals surface area contributed by atoms with E-state index in [1.54, 1.807) is 0 Å². The Hall–Kier alpha value is -0.400. The van der Waals surface area contributed by atoms with Gasteiger partial charge in [-0.2, -0.15) is 23.5 Å². The molecule has 2 N–H and O–H groups in total. The van der Waals surface area contributed by atoms with Gasteiger partial charge in [0.15, 0.2) is 0 Å². The van der Waals surface area contributed by atoms with Crippen LogP contribution in [0.1, 0.15) is 25.7 Å². The molecule has 0 heterocycles. The Balaban J connectivity index is 2.99. The molecule has 0 saturated carbocycles. The molecule has 5 nitrogen and oxygen atoms in total. The second kappa shape index (κ2) is 14.0. The van der Waals surface area contributed by atoms with E-state index in [1.165, 1.54) is 23.5 Å². The van der Waals surface area contributed by atoms with Crippen LogP contribution in [0.5, 0.6) is 0 Å². The second-order valence-electron chi connectivity index (χ2n) is 3.92. The highest BCUT2D eigenvalue weighted by Crippen LogP contribution is 2.06. The molecular weight excluding hydrogens is 288 g/mol. The molecule has 19 heavy (non-hydrogen) atoms. The van der Waals surface area contributed by atoms with E-state index in [0.29, 0.717) is 0 Å². The molecule has 0 spiro atoms. The molecule has 0 unspecified atom stereocenters. The molecule has 0 saturated heterocycles. The number of hydrogen-bond acceptors (Lipinski definition) is 5. The molecule has 0 aliphatic heterocycles. The SMILES string of the molecule is O=C(O)CSCCCCOCCCCSCC(=O)O. The molecule has 0 aromatic carbocycles. The summed E-state index contributed by atoms with van der Waals surface area (Å²) in [5.41, 5.74) is 0. The van der Waals surface area contributed by atoms with Gasteiger partial charge in [-0.3, -0.25) is 9.59 Å². The summed E-state index contributed by atoms with van der Waals surface area (Å²) in [4.78, 5) is 20.5. The first-order valence-corrected chi connectivity index (χ1v) is 8.60. The van der Waals surface area contributed by atoms with Crippen molar-refractivity contribution in [3.8, 4) is 0 Å². The van der Waals surface area contributed by atoms with Gasteiger partial charge >= 0.3 is 11.9 Å². The zero-order chi connectivity index (χ0) is 14.3. The van der Waals surface area contributed by atoms with Crippen LogP contribution in [0.4, 0.5) is 0 Å². The maximum Gasteiger partial charge on any atom is 0.313 e. The van der Waals surface area contributed by atoms with Gasteiger partial charge in [0.2, 0.25) is 0 Å². The molecule has 0 rings (SSSR count). The standard InChI is InChI=1S/C12H22O5S2/c13-11(14)9-18-7-3-1-5-17-6-2-4-8-19-10-12(15)16/h1-10H2,(H,13,14)(H,15,16). The second-order valence-corrected chi connectivity index (χ2v) is 6.13. The smallest absolute Gasteiger partial charge is 0.313 e. The van der Waals surface area contributed by atoms with Crippen molar-refractivity contribution in [1.82, 2.24) is 0 Å².